The van der Waals surface area contributed by atoms with Crippen molar-refractivity contribution in [1.82, 2.24) is 0 Å². The van der Waals surface area contributed by atoms with E-state index < -0.39 is 7.26 Å². The Kier molecular flexibility index (Phi) is 4.94. The van der Waals surface area contributed by atoms with Crippen molar-refractivity contribution in [3.63, 3.8) is 0 Å². The van der Waals surface area contributed by atoms with Gasteiger partial charge in [-0.3, -0.25) is 0 Å². The SMILES string of the molecule is CC(C)C[PH](c1ccccc1)(c1ccccc1)c1ccccc1. The molecular weight excluding hydrogens is 295 g/mol. The molecule has 0 aliphatic rings. The third-order valence-corrected chi connectivity index (χ3v) is 9.90. The number of hydrogen-bond donors (Lipinski definition) is 0. The fourth-order valence-corrected chi connectivity index (χ4v) is 8.85. The third kappa shape index (κ3) is 3.23. The van der Waals surface area contributed by atoms with Gasteiger partial charge in [-0.25, -0.2) is 0 Å². The van der Waals surface area contributed by atoms with Crippen molar-refractivity contribution < 1.29 is 0 Å². The fraction of sp³-hybridized carbons (Fsp3) is 0.182. The van der Waals surface area contributed by atoms with E-state index >= 15 is 0 Å². The van der Waals surface area contributed by atoms with E-state index in [9.17, 15) is 0 Å². The van der Waals surface area contributed by atoms with Gasteiger partial charge in [-0.1, -0.05) is 0 Å². The number of hydrogen-bond acceptors (Lipinski definition) is 0. The van der Waals surface area contributed by atoms with Crippen LogP contribution in [0.1, 0.15) is 13.8 Å². The summed E-state index contributed by atoms with van der Waals surface area (Å²) >= 11 is 0. The van der Waals surface area contributed by atoms with Gasteiger partial charge in [0.05, 0.1) is 0 Å². The van der Waals surface area contributed by atoms with E-state index in [1.165, 1.54) is 22.1 Å². The van der Waals surface area contributed by atoms with E-state index in [0.717, 1.165) is 0 Å². The van der Waals surface area contributed by atoms with E-state index in [1.54, 1.807) is 0 Å². The molecule has 3 rings (SSSR count). The minimum absolute atomic E-state index is 0.655. The maximum absolute atomic E-state index is 2.34. The van der Waals surface area contributed by atoms with Crippen molar-refractivity contribution >= 4 is 23.2 Å². The Morgan fingerprint density at radius 2 is 0.870 bits per heavy atom. The summed E-state index contributed by atoms with van der Waals surface area (Å²) in [4.78, 5) is 0. The van der Waals surface area contributed by atoms with Crippen molar-refractivity contribution in [1.29, 1.82) is 0 Å². The summed E-state index contributed by atoms with van der Waals surface area (Å²) in [5.74, 6) is 0.655. The quantitative estimate of drug-likeness (QED) is 0.612. The van der Waals surface area contributed by atoms with Gasteiger partial charge in [0.2, 0.25) is 0 Å². The zero-order chi connectivity index (χ0) is 16.1. The molecule has 3 aromatic carbocycles. The molecular formula is C22H25P. The average Bonchev–Trinajstić information content (AvgIpc) is 2.62. The van der Waals surface area contributed by atoms with Gasteiger partial charge in [-0.05, 0) is 0 Å². The van der Waals surface area contributed by atoms with Crippen molar-refractivity contribution in [3.8, 4) is 0 Å². The summed E-state index contributed by atoms with van der Waals surface area (Å²) in [5.41, 5.74) is 0. The van der Waals surface area contributed by atoms with Gasteiger partial charge in [0, 0.05) is 0 Å². The van der Waals surface area contributed by atoms with E-state index in [1.807, 2.05) is 0 Å². The number of benzene rings is 3. The van der Waals surface area contributed by atoms with Gasteiger partial charge in [0.15, 0.2) is 0 Å². The van der Waals surface area contributed by atoms with Crippen LogP contribution in [0.5, 0.6) is 0 Å². The molecule has 0 bridgehead atoms. The van der Waals surface area contributed by atoms with E-state index in [2.05, 4.69) is 105 Å². The molecule has 0 aliphatic carbocycles. The van der Waals surface area contributed by atoms with Gasteiger partial charge in [0.25, 0.3) is 0 Å². The molecule has 0 nitrogen and oxygen atoms in total. The summed E-state index contributed by atoms with van der Waals surface area (Å²) in [6, 6.07) is 33.4. The van der Waals surface area contributed by atoms with Crippen LogP contribution in [-0.2, 0) is 0 Å². The first-order valence-corrected chi connectivity index (χ1v) is 10.6. The second-order valence-electron chi connectivity index (χ2n) is 6.60. The molecule has 0 radical (unpaired) electrons. The van der Waals surface area contributed by atoms with Crippen molar-refractivity contribution in [2.75, 3.05) is 6.16 Å². The van der Waals surface area contributed by atoms with Crippen LogP contribution in [0.25, 0.3) is 0 Å². The molecule has 0 saturated carbocycles. The monoisotopic (exact) mass is 320 g/mol. The first kappa shape index (κ1) is 16.0. The van der Waals surface area contributed by atoms with Gasteiger partial charge < -0.3 is 0 Å². The average molecular weight is 320 g/mol. The molecule has 23 heavy (non-hydrogen) atoms. The molecule has 0 heterocycles. The Labute approximate surface area is 140 Å². The van der Waals surface area contributed by atoms with Crippen LogP contribution in [0.4, 0.5) is 0 Å². The summed E-state index contributed by atoms with van der Waals surface area (Å²) in [7, 11) is -1.99. The van der Waals surface area contributed by atoms with Crippen LogP contribution in [-0.4, -0.2) is 6.16 Å². The normalized spacial score (nSPS) is 12.3. The van der Waals surface area contributed by atoms with E-state index in [4.69, 9.17) is 0 Å². The molecule has 0 aliphatic heterocycles. The van der Waals surface area contributed by atoms with Gasteiger partial charge in [-0.2, -0.15) is 0 Å². The Bertz CT molecular complexity index is 621. The molecule has 0 fully saturated rings. The second-order valence-corrected chi connectivity index (χ2v) is 10.6. The van der Waals surface area contributed by atoms with Gasteiger partial charge >= 0.3 is 140 Å². The van der Waals surface area contributed by atoms with Crippen LogP contribution < -0.4 is 15.9 Å². The molecule has 118 valence electrons. The zero-order valence-electron chi connectivity index (χ0n) is 13.9. The standard InChI is InChI=1S/C22H25P/c1-19(2)18-23(20-12-6-3-7-13-20,21-14-8-4-9-15-21)22-16-10-5-11-17-22/h3-17,19,23H,18H2,1-2H3. The molecule has 0 aromatic heterocycles. The molecule has 0 N–H and O–H groups in total. The van der Waals surface area contributed by atoms with Crippen LogP contribution in [0.2, 0.25) is 0 Å². The van der Waals surface area contributed by atoms with Crippen molar-refractivity contribution in [3.05, 3.63) is 91.0 Å². The second kappa shape index (κ2) is 7.11. The molecule has 0 unspecified atom stereocenters. The molecule has 0 spiro atoms. The Balaban J connectivity index is 2.30. The first-order chi connectivity index (χ1) is 11.2. The zero-order valence-corrected chi connectivity index (χ0v) is 14.9. The Morgan fingerprint density at radius 1 is 0.565 bits per heavy atom. The molecule has 0 atom stereocenters. The topological polar surface area (TPSA) is 0 Å². The van der Waals surface area contributed by atoms with Gasteiger partial charge in [0.1, 0.15) is 0 Å². The Hall–Kier alpha value is -1.91. The third-order valence-electron chi connectivity index (χ3n) is 4.51. The van der Waals surface area contributed by atoms with Gasteiger partial charge in [-0.15, -0.1) is 0 Å². The molecule has 3 aromatic rings. The van der Waals surface area contributed by atoms with Crippen molar-refractivity contribution in [2.45, 2.75) is 13.8 Å². The van der Waals surface area contributed by atoms with Crippen LogP contribution >= 0.6 is 7.26 Å². The fourth-order valence-electron chi connectivity index (χ4n) is 3.63. The first-order valence-electron chi connectivity index (χ1n) is 8.40. The minimum atomic E-state index is -1.99. The van der Waals surface area contributed by atoms with E-state index in [0.29, 0.717) is 5.92 Å². The molecule has 1 heteroatoms. The van der Waals surface area contributed by atoms with E-state index in [-0.39, 0.29) is 0 Å². The van der Waals surface area contributed by atoms with Crippen LogP contribution in [0, 0.1) is 5.92 Å². The predicted octanol–water partition coefficient (Wildman–Crippen LogP) is 4.37. The maximum atomic E-state index is 2.34. The summed E-state index contributed by atoms with van der Waals surface area (Å²) < 4.78 is 0. The summed E-state index contributed by atoms with van der Waals surface area (Å²) in [6.07, 6.45) is 1.23. The predicted molar refractivity (Wildman–Crippen MR) is 106 cm³/mol. The van der Waals surface area contributed by atoms with Crippen LogP contribution in [0.3, 0.4) is 0 Å². The number of rotatable bonds is 5. The summed E-state index contributed by atoms with van der Waals surface area (Å²) in [5, 5.41) is 4.52. The molecule has 0 amide bonds. The molecule has 0 saturated heterocycles. The summed E-state index contributed by atoms with van der Waals surface area (Å²) in [6.45, 7) is 4.69. The Morgan fingerprint density at radius 3 is 1.13 bits per heavy atom. The van der Waals surface area contributed by atoms with Crippen molar-refractivity contribution in [2.24, 2.45) is 5.92 Å². The van der Waals surface area contributed by atoms with Crippen LogP contribution in [0.15, 0.2) is 91.0 Å².